The van der Waals surface area contributed by atoms with Crippen LogP contribution in [-0.2, 0) is 11.3 Å². The Bertz CT molecular complexity index is 877. The van der Waals surface area contributed by atoms with E-state index in [1.165, 1.54) is 0 Å². The number of benzene rings is 1. The molecule has 6 heteroatoms. The lowest BCUT2D eigenvalue weighted by Gasteiger charge is -2.28. The average molecular weight is 366 g/mol. The predicted molar refractivity (Wildman–Crippen MR) is 104 cm³/mol. The molecule has 134 valence electrons. The molecular weight excluding hydrogens is 344 g/mol. The number of ether oxygens (including phenoxy) is 2. The van der Waals surface area contributed by atoms with Crippen molar-refractivity contribution >= 4 is 19.7 Å². The number of aromatic nitrogens is 1. The molecule has 0 N–H and O–H groups in total. The van der Waals surface area contributed by atoms with Crippen molar-refractivity contribution in [3.63, 3.8) is 0 Å². The summed E-state index contributed by atoms with van der Waals surface area (Å²) >= 11 is 0. The number of hydrogen-bond donors (Lipinski definition) is 0. The van der Waals surface area contributed by atoms with Crippen molar-refractivity contribution in [1.29, 1.82) is 0 Å². The summed E-state index contributed by atoms with van der Waals surface area (Å²) in [5, 5.41) is 0. The van der Waals surface area contributed by atoms with Gasteiger partial charge in [-0.15, -0.1) is 5.54 Å². The number of rotatable bonds is 3. The van der Waals surface area contributed by atoms with Crippen LogP contribution in [0.15, 0.2) is 36.4 Å². The normalized spacial score (nSPS) is 13.4. The third kappa shape index (κ3) is 4.24. The van der Waals surface area contributed by atoms with E-state index in [0.29, 0.717) is 23.8 Å². The minimum absolute atomic E-state index is 0.0128. The van der Waals surface area contributed by atoms with Gasteiger partial charge in [-0.1, -0.05) is 37.7 Å². The number of pyridine rings is 1. The molecule has 0 fully saturated rings. The maximum absolute atomic E-state index is 12.4. The van der Waals surface area contributed by atoms with Crippen LogP contribution >= 0.6 is 0 Å². The van der Waals surface area contributed by atoms with E-state index in [2.05, 4.69) is 36.1 Å². The van der Waals surface area contributed by atoms with Gasteiger partial charge in [-0.05, 0) is 29.8 Å². The maximum Gasteiger partial charge on any atom is 0.265 e. The van der Waals surface area contributed by atoms with Gasteiger partial charge in [0.05, 0.1) is 13.7 Å². The maximum atomic E-state index is 12.4. The molecule has 2 heterocycles. The van der Waals surface area contributed by atoms with E-state index in [-0.39, 0.29) is 12.5 Å². The van der Waals surface area contributed by atoms with Crippen LogP contribution < -0.4 is 14.4 Å². The lowest BCUT2D eigenvalue weighted by Crippen LogP contribution is -2.38. The Labute approximate surface area is 155 Å². The first-order valence-electron chi connectivity index (χ1n) is 8.46. The monoisotopic (exact) mass is 366 g/mol. The molecule has 0 atom stereocenters. The van der Waals surface area contributed by atoms with Gasteiger partial charge in [0, 0.05) is 0 Å². The Morgan fingerprint density at radius 2 is 1.92 bits per heavy atom. The van der Waals surface area contributed by atoms with E-state index in [0.717, 1.165) is 11.3 Å². The van der Waals surface area contributed by atoms with E-state index in [1.54, 1.807) is 12.0 Å². The first-order chi connectivity index (χ1) is 12.4. The molecule has 0 spiro atoms. The minimum Gasteiger partial charge on any atom is -0.497 e. The number of anilines is 1. The smallest absolute Gasteiger partial charge is 0.265 e. The van der Waals surface area contributed by atoms with Gasteiger partial charge in [-0.3, -0.25) is 4.79 Å². The molecule has 0 saturated carbocycles. The average Bonchev–Trinajstić information content (AvgIpc) is 2.62. The molecule has 0 bridgehead atoms. The molecule has 0 saturated heterocycles. The zero-order chi connectivity index (χ0) is 18.7. The Kier molecular flexibility index (Phi) is 5.00. The van der Waals surface area contributed by atoms with Gasteiger partial charge in [0.25, 0.3) is 5.91 Å². The van der Waals surface area contributed by atoms with E-state index in [4.69, 9.17) is 9.47 Å². The number of nitrogens with zero attached hydrogens (tertiary/aromatic N) is 2. The Hall–Kier alpha value is -2.78. The van der Waals surface area contributed by atoms with Gasteiger partial charge in [-0.25, -0.2) is 4.98 Å². The first-order valence-corrected chi connectivity index (χ1v) is 12.0. The van der Waals surface area contributed by atoms with Crippen molar-refractivity contribution in [2.24, 2.45) is 0 Å². The number of carbonyl (C=O) groups excluding carboxylic acids is 1. The predicted octanol–water partition coefficient (Wildman–Crippen LogP) is 3.24. The number of amides is 1. The second-order valence-corrected chi connectivity index (χ2v) is 11.9. The van der Waals surface area contributed by atoms with Crippen LogP contribution in [0.3, 0.4) is 0 Å². The van der Waals surface area contributed by atoms with Crippen molar-refractivity contribution in [3.05, 3.63) is 47.7 Å². The molecule has 0 radical (unpaired) electrons. The van der Waals surface area contributed by atoms with Gasteiger partial charge in [-0.2, -0.15) is 0 Å². The molecular formula is C20H22N2O3Si. The van der Waals surface area contributed by atoms with Crippen molar-refractivity contribution < 1.29 is 14.3 Å². The van der Waals surface area contributed by atoms with Gasteiger partial charge in [0.15, 0.2) is 6.61 Å². The van der Waals surface area contributed by atoms with Crippen molar-refractivity contribution in [2.45, 2.75) is 26.2 Å². The fourth-order valence-electron chi connectivity index (χ4n) is 2.50. The standard InChI is InChI=1S/C20H22N2O3Si/c1-24-17-8-5-15(6-9-17)13-22-18-10-7-16(11-12-26(2,3)4)21-20(18)25-14-19(22)23/h5-10H,13-14H2,1-4H3. The van der Waals surface area contributed by atoms with E-state index in [9.17, 15) is 4.79 Å². The van der Waals surface area contributed by atoms with Crippen LogP contribution in [0.1, 0.15) is 11.3 Å². The Balaban J connectivity index is 1.86. The van der Waals surface area contributed by atoms with Crippen LogP contribution in [0.4, 0.5) is 5.69 Å². The first kappa shape index (κ1) is 18.0. The molecule has 1 amide bonds. The summed E-state index contributed by atoms with van der Waals surface area (Å²) in [4.78, 5) is 18.5. The van der Waals surface area contributed by atoms with Crippen LogP contribution in [0.25, 0.3) is 0 Å². The highest BCUT2D eigenvalue weighted by molar-refractivity contribution is 6.83. The van der Waals surface area contributed by atoms with Crippen LogP contribution in [0.2, 0.25) is 19.6 Å². The molecule has 1 aromatic heterocycles. The molecule has 1 aliphatic heterocycles. The fraction of sp³-hybridized carbons (Fsp3) is 0.300. The molecule has 0 unspecified atom stereocenters. The zero-order valence-corrected chi connectivity index (χ0v) is 16.5. The topological polar surface area (TPSA) is 51.7 Å². The molecule has 26 heavy (non-hydrogen) atoms. The third-order valence-corrected chi connectivity index (χ3v) is 4.70. The summed E-state index contributed by atoms with van der Waals surface area (Å²) in [6.45, 7) is 7.00. The van der Waals surface area contributed by atoms with Crippen molar-refractivity contribution in [2.75, 3.05) is 18.6 Å². The molecule has 1 aliphatic rings. The van der Waals surface area contributed by atoms with Gasteiger partial charge in [0.1, 0.15) is 25.2 Å². The minimum atomic E-state index is -1.48. The van der Waals surface area contributed by atoms with Gasteiger partial charge >= 0.3 is 0 Å². The molecule has 3 rings (SSSR count). The summed E-state index contributed by atoms with van der Waals surface area (Å²) in [6.07, 6.45) is 0. The van der Waals surface area contributed by atoms with Crippen molar-refractivity contribution in [3.8, 4) is 23.1 Å². The highest BCUT2D eigenvalue weighted by Crippen LogP contribution is 2.31. The number of methoxy groups -OCH3 is 1. The lowest BCUT2D eigenvalue weighted by atomic mass is 10.1. The largest absolute Gasteiger partial charge is 0.497 e. The molecule has 5 nitrogen and oxygen atoms in total. The number of carbonyl (C=O) groups is 1. The summed E-state index contributed by atoms with van der Waals surface area (Å²) in [7, 11) is 0.154. The summed E-state index contributed by atoms with van der Waals surface area (Å²) < 4.78 is 10.7. The fourth-order valence-corrected chi connectivity index (χ4v) is 3.00. The van der Waals surface area contributed by atoms with E-state index >= 15 is 0 Å². The quantitative estimate of drug-likeness (QED) is 0.618. The number of hydrogen-bond acceptors (Lipinski definition) is 4. The highest BCUT2D eigenvalue weighted by atomic mass is 28.3. The molecule has 0 aliphatic carbocycles. The van der Waals surface area contributed by atoms with E-state index < -0.39 is 8.07 Å². The molecule has 1 aromatic carbocycles. The van der Waals surface area contributed by atoms with Crippen molar-refractivity contribution in [1.82, 2.24) is 4.98 Å². The summed E-state index contributed by atoms with van der Waals surface area (Å²) in [5.41, 5.74) is 5.65. The second-order valence-electron chi connectivity index (χ2n) is 7.14. The summed E-state index contributed by atoms with van der Waals surface area (Å²) in [5.74, 6) is 4.28. The van der Waals surface area contributed by atoms with Gasteiger partial charge in [0.2, 0.25) is 5.88 Å². The Morgan fingerprint density at radius 1 is 1.19 bits per heavy atom. The lowest BCUT2D eigenvalue weighted by molar-refractivity contribution is -0.121. The van der Waals surface area contributed by atoms with Crippen LogP contribution in [0, 0.1) is 11.5 Å². The summed E-state index contributed by atoms with van der Waals surface area (Å²) in [6, 6.07) is 11.4. The molecule has 2 aromatic rings. The SMILES string of the molecule is COc1ccc(CN2C(=O)COc3nc(C#C[Si](C)(C)C)ccc32)cc1. The number of fused-ring (bicyclic) bond motifs is 1. The highest BCUT2D eigenvalue weighted by Gasteiger charge is 2.27. The van der Waals surface area contributed by atoms with Gasteiger partial charge < -0.3 is 14.4 Å². The zero-order valence-electron chi connectivity index (χ0n) is 15.5. The third-order valence-electron chi connectivity index (χ3n) is 3.83. The van der Waals surface area contributed by atoms with E-state index in [1.807, 2.05) is 36.4 Å². The second kappa shape index (κ2) is 7.22. The van der Waals surface area contributed by atoms with Crippen LogP contribution in [-0.4, -0.2) is 32.7 Å². The van der Waals surface area contributed by atoms with Crippen LogP contribution in [0.5, 0.6) is 11.6 Å². The Morgan fingerprint density at radius 3 is 2.58 bits per heavy atom.